The minimum atomic E-state index is 0.373. The number of nitrogen functional groups attached to an aromatic ring is 1. The van der Waals surface area contributed by atoms with Gasteiger partial charge in [-0.25, -0.2) is 0 Å². The first-order chi connectivity index (χ1) is 4.34. The highest BCUT2D eigenvalue weighted by atomic mass is 16.5. The maximum absolute atomic E-state index is 5.35. The van der Waals surface area contributed by atoms with Gasteiger partial charge in [0.15, 0.2) is 6.26 Å². The molecular formula is C5H8N2O2. The first kappa shape index (κ1) is 5.94. The molecule has 1 aromatic rings. The zero-order valence-electron chi connectivity index (χ0n) is 5.13. The average molecular weight is 128 g/mol. The summed E-state index contributed by atoms with van der Waals surface area (Å²) in [7, 11) is 0. The van der Waals surface area contributed by atoms with Gasteiger partial charge in [-0.1, -0.05) is 0 Å². The fourth-order valence-corrected chi connectivity index (χ4v) is 0.481. The van der Waals surface area contributed by atoms with E-state index in [0.717, 1.165) is 0 Å². The fraction of sp³-hybridized carbons (Fsp3) is 0.400. The van der Waals surface area contributed by atoms with Gasteiger partial charge in [0.05, 0.1) is 6.61 Å². The predicted molar refractivity (Wildman–Crippen MR) is 32.1 cm³/mol. The molecule has 0 unspecified atom stereocenters. The SMILES string of the molecule is CCOc1nocc1N. The van der Waals surface area contributed by atoms with Crippen LogP contribution in [0.3, 0.4) is 0 Å². The van der Waals surface area contributed by atoms with Gasteiger partial charge in [0, 0.05) is 0 Å². The van der Waals surface area contributed by atoms with Crippen molar-refractivity contribution in [3.8, 4) is 5.88 Å². The summed E-state index contributed by atoms with van der Waals surface area (Å²) in [4.78, 5) is 0. The van der Waals surface area contributed by atoms with E-state index in [9.17, 15) is 0 Å². The number of anilines is 1. The van der Waals surface area contributed by atoms with E-state index in [2.05, 4.69) is 9.68 Å². The Morgan fingerprint density at radius 1 is 1.89 bits per heavy atom. The zero-order valence-corrected chi connectivity index (χ0v) is 5.13. The third-order valence-electron chi connectivity index (χ3n) is 0.843. The summed E-state index contributed by atoms with van der Waals surface area (Å²) in [5, 5.41) is 3.48. The molecule has 0 saturated heterocycles. The van der Waals surface area contributed by atoms with Crippen LogP contribution in [-0.2, 0) is 0 Å². The summed E-state index contributed by atoms with van der Waals surface area (Å²) in [5.74, 6) is 0.373. The van der Waals surface area contributed by atoms with E-state index in [1.165, 1.54) is 6.26 Å². The van der Waals surface area contributed by atoms with Crippen LogP contribution >= 0.6 is 0 Å². The van der Waals surface area contributed by atoms with Crippen LogP contribution in [0.5, 0.6) is 5.88 Å². The second-order valence-electron chi connectivity index (χ2n) is 1.51. The molecule has 0 amide bonds. The summed E-state index contributed by atoms with van der Waals surface area (Å²) in [6.07, 6.45) is 1.34. The molecule has 0 spiro atoms. The molecule has 4 heteroatoms. The van der Waals surface area contributed by atoms with Gasteiger partial charge in [0.2, 0.25) is 0 Å². The Balaban J connectivity index is 2.69. The van der Waals surface area contributed by atoms with E-state index in [0.29, 0.717) is 18.2 Å². The van der Waals surface area contributed by atoms with Crippen LogP contribution in [0.2, 0.25) is 0 Å². The molecule has 0 aliphatic rings. The highest BCUT2D eigenvalue weighted by Crippen LogP contribution is 2.16. The minimum absolute atomic E-state index is 0.373. The van der Waals surface area contributed by atoms with Gasteiger partial charge in [-0.15, -0.1) is 0 Å². The molecule has 4 nitrogen and oxygen atoms in total. The van der Waals surface area contributed by atoms with Crippen LogP contribution in [0.4, 0.5) is 5.69 Å². The van der Waals surface area contributed by atoms with E-state index in [-0.39, 0.29) is 0 Å². The van der Waals surface area contributed by atoms with Crippen LogP contribution in [-0.4, -0.2) is 11.8 Å². The van der Waals surface area contributed by atoms with E-state index in [1.807, 2.05) is 6.92 Å². The van der Waals surface area contributed by atoms with Crippen LogP contribution in [0.15, 0.2) is 10.8 Å². The van der Waals surface area contributed by atoms with Crippen molar-refractivity contribution in [3.63, 3.8) is 0 Å². The summed E-state index contributed by atoms with van der Waals surface area (Å²) in [6.45, 7) is 2.41. The number of aromatic nitrogens is 1. The standard InChI is InChI=1S/C5H8N2O2/c1-2-8-5-4(6)3-9-7-5/h3H,2,6H2,1H3. The van der Waals surface area contributed by atoms with Crippen molar-refractivity contribution in [2.24, 2.45) is 0 Å². The first-order valence-corrected chi connectivity index (χ1v) is 2.67. The molecule has 1 rings (SSSR count). The molecule has 1 heterocycles. The molecular weight excluding hydrogens is 120 g/mol. The van der Waals surface area contributed by atoms with Gasteiger partial charge < -0.3 is 15.0 Å². The molecule has 0 bridgehead atoms. The Hall–Kier alpha value is -1.19. The molecule has 0 aromatic carbocycles. The number of ether oxygens (including phenoxy) is 1. The van der Waals surface area contributed by atoms with Gasteiger partial charge in [0.25, 0.3) is 5.88 Å². The maximum Gasteiger partial charge on any atom is 0.277 e. The average Bonchev–Trinajstić information content (AvgIpc) is 2.18. The third-order valence-corrected chi connectivity index (χ3v) is 0.843. The van der Waals surface area contributed by atoms with E-state index in [4.69, 9.17) is 10.5 Å². The summed E-state index contributed by atoms with van der Waals surface area (Å²) < 4.78 is 9.44. The normalized spacial score (nSPS) is 9.44. The van der Waals surface area contributed by atoms with Crippen molar-refractivity contribution in [3.05, 3.63) is 6.26 Å². The second kappa shape index (κ2) is 2.39. The third kappa shape index (κ3) is 1.13. The first-order valence-electron chi connectivity index (χ1n) is 2.67. The van der Waals surface area contributed by atoms with Gasteiger partial charge in [-0.05, 0) is 12.1 Å². The number of hydrogen-bond donors (Lipinski definition) is 1. The maximum atomic E-state index is 5.35. The van der Waals surface area contributed by atoms with Crippen molar-refractivity contribution in [1.82, 2.24) is 5.16 Å². The van der Waals surface area contributed by atoms with Gasteiger partial charge in [-0.3, -0.25) is 0 Å². The predicted octanol–water partition coefficient (Wildman–Crippen LogP) is 0.655. The lowest BCUT2D eigenvalue weighted by Crippen LogP contribution is -1.94. The monoisotopic (exact) mass is 128 g/mol. The van der Waals surface area contributed by atoms with Gasteiger partial charge in [-0.2, -0.15) is 0 Å². The fourth-order valence-electron chi connectivity index (χ4n) is 0.481. The smallest absolute Gasteiger partial charge is 0.277 e. The molecule has 1 aromatic heterocycles. The molecule has 0 aliphatic carbocycles. The minimum Gasteiger partial charge on any atom is -0.474 e. The Bertz CT molecular complexity index is 185. The van der Waals surface area contributed by atoms with Crippen LogP contribution in [0, 0.1) is 0 Å². The van der Waals surface area contributed by atoms with Crippen molar-refractivity contribution in [2.45, 2.75) is 6.92 Å². The van der Waals surface area contributed by atoms with Gasteiger partial charge >= 0.3 is 0 Å². The largest absolute Gasteiger partial charge is 0.474 e. The topological polar surface area (TPSA) is 61.3 Å². The summed E-state index contributed by atoms with van der Waals surface area (Å²) >= 11 is 0. The highest BCUT2D eigenvalue weighted by Gasteiger charge is 2.01. The Morgan fingerprint density at radius 2 is 2.67 bits per heavy atom. The van der Waals surface area contributed by atoms with E-state index >= 15 is 0 Å². The molecule has 0 atom stereocenters. The molecule has 2 N–H and O–H groups in total. The second-order valence-corrected chi connectivity index (χ2v) is 1.51. The number of nitrogens with two attached hydrogens (primary N) is 1. The van der Waals surface area contributed by atoms with Crippen molar-refractivity contribution in [1.29, 1.82) is 0 Å². The Morgan fingerprint density at radius 3 is 3.11 bits per heavy atom. The quantitative estimate of drug-likeness (QED) is 0.635. The molecule has 0 aliphatic heterocycles. The van der Waals surface area contributed by atoms with E-state index in [1.54, 1.807) is 0 Å². The van der Waals surface area contributed by atoms with E-state index < -0.39 is 0 Å². The molecule has 9 heavy (non-hydrogen) atoms. The Kier molecular flexibility index (Phi) is 1.58. The van der Waals surface area contributed by atoms with Crippen molar-refractivity contribution < 1.29 is 9.26 Å². The lowest BCUT2D eigenvalue weighted by molar-refractivity contribution is 0.295. The van der Waals surface area contributed by atoms with Gasteiger partial charge in [0.1, 0.15) is 5.69 Å². The Labute approximate surface area is 52.6 Å². The molecule has 0 radical (unpaired) electrons. The lowest BCUT2D eigenvalue weighted by atomic mass is 10.6. The van der Waals surface area contributed by atoms with Crippen LogP contribution in [0.1, 0.15) is 6.92 Å². The highest BCUT2D eigenvalue weighted by molar-refractivity contribution is 5.43. The number of hydrogen-bond acceptors (Lipinski definition) is 4. The van der Waals surface area contributed by atoms with Crippen LogP contribution < -0.4 is 10.5 Å². The molecule has 0 saturated carbocycles. The summed E-state index contributed by atoms with van der Waals surface area (Å²) in [6, 6.07) is 0. The molecule has 50 valence electrons. The zero-order chi connectivity index (χ0) is 6.69. The molecule has 0 fully saturated rings. The van der Waals surface area contributed by atoms with Crippen molar-refractivity contribution in [2.75, 3.05) is 12.3 Å². The number of rotatable bonds is 2. The van der Waals surface area contributed by atoms with Crippen molar-refractivity contribution >= 4 is 5.69 Å². The number of nitrogens with zero attached hydrogens (tertiary/aromatic N) is 1. The summed E-state index contributed by atoms with van der Waals surface area (Å²) in [5.41, 5.74) is 5.79. The van der Waals surface area contributed by atoms with Crippen LogP contribution in [0.25, 0.3) is 0 Å². The lowest BCUT2D eigenvalue weighted by Gasteiger charge is -1.94.